The van der Waals surface area contributed by atoms with Gasteiger partial charge in [0, 0.05) is 19.4 Å². The number of nitrogens with two attached hydrogens (primary N) is 1. The van der Waals surface area contributed by atoms with Gasteiger partial charge in [-0.3, -0.25) is 14.5 Å². The van der Waals surface area contributed by atoms with Crippen molar-refractivity contribution in [2.75, 3.05) is 11.1 Å². The van der Waals surface area contributed by atoms with E-state index in [0.717, 1.165) is 0 Å². The minimum absolute atomic E-state index is 0.313. The second-order valence-electron chi connectivity index (χ2n) is 3.52. The molecule has 0 fully saturated rings. The Morgan fingerprint density at radius 2 is 2.24 bits per heavy atom. The van der Waals surface area contributed by atoms with Gasteiger partial charge in [-0.2, -0.15) is 5.10 Å². The molecule has 0 aromatic carbocycles. The zero-order chi connectivity index (χ0) is 12.4. The molecule has 0 saturated heterocycles. The number of carbonyl (C=O) groups excluding carboxylic acids is 1. The molecule has 0 unspecified atom stereocenters. The van der Waals surface area contributed by atoms with Crippen LogP contribution in [0.5, 0.6) is 0 Å². The van der Waals surface area contributed by atoms with Crippen LogP contribution in [0.1, 0.15) is 16.2 Å². The minimum atomic E-state index is -0.355. The first-order chi connectivity index (χ1) is 8.09. The van der Waals surface area contributed by atoms with E-state index in [-0.39, 0.29) is 5.91 Å². The summed E-state index contributed by atoms with van der Waals surface area (Å²) in [4.78, 5) is 19.7. The molecule has 3 N–H and O–H groups in total. The van der Waals surface area contributed by atoms with Crippen molar-refractivity contribution >= 4 is 17.4 Å². The topological polar surface area (TPSA) is 98.7 Å². The van der Waals surface area contributed by atoms with E-state index < -0.39 is 0 Å². The molecule has 2 rings (SSSR count). The highest BCUT2D eigenvalue weighted by molar-refractivity contribution is 6.06. The number of amides is 1. The van der Waals surface area contributed by atoms with Gasteiger partial charge in [-0.15, -0.1) is 0 Å². The Bertz CT molecular complexity index is 547. The fourth-order valence-corrected chi connectivity index (χ4v) is 1.48. The summed E-state index contributed by atoms with van der Waals surface area (Å²) in [5.41, 5.74) is 7.08. The van der Waals surface area contributed by atoms with Gasteiger partial charge < -0.3 is 11.1 Å². The average molecular weight is 232 g/mol. The van der Waals surface area contributed by atoms with Gasteiger partial charge in [-0.1, -0.05) is 0 Å². The molecule has 1 amide bonds. The number of aromatic nitrogens is 4. The molecular formula is C10H12N6O. The van der Waals surface area contributed by atoms with Crippen molar-refractivity contribution in [1.82, 2.24) is 19.7 Å². The first kappa shape index (κ1) is 11.1. The lowest BCUT2D eigenvalue weighted by Crippen LogP contribution is -2.18. The van der Waals surface area contributed by atoms with E-state index in [9.17, 15) is 4.79 Å². The summed E-state index contributed by atoms with van der Waals surface area (Å²) < 4.78 is 1.44. The summed E-state index contributed by atoms with van der Waals surface area (Å²) in [6.07, 6.45) is 4.48. The minimum Gasteiger partial charge on any atom is -0.395 e. The van der Waals surface area contributed by atoms with Gasteiger partial charge in [0.25, 0.3) is 5.91 Å². The van der Waals surface area contributed by atoms with Crippen LogP contribution in [0.15, 0.2) is 18.6 Å². The molecule has 0 aliphatic heterocycles. The van der Waals surface area contributed by atoms with E-state index in [1.54, 1.807) is 14.0 Å². The van der Waals surface area contributed by atoms with Crippen LogP contribution < -0.4 is 11.1 Å². The molecule has 17 heavy (non-hydrogen) atoms. The number of aryl methyl sites for hydroxylation is 2. The molecule has 7 nitrogen and oxygen atoms in total. The van der Waals surface area contributed by atoms with Crippen LogP contribution in [0.3, 0.4) is 0 Å². The van der Waals surface area contributed by atoms with Crippen LogP contribution in [0.2, 0.25) is 0 Å². The molecule has 0 saturated carbocycles. The molecule has 0 aliphatic rings. The molecule has 0 radical (unpaired) electrons. The lowest BCUT2D eigenvalue weighted by molar-refractivity contribution is 0.101. The maximum Gasteiger partial charge on any atom is 0.277 e. The van der Waals surface area contributed by atoms with Crippen LogP contribution in [0.25, 0.3) is 0 Å². The number of hydrogen-bond donors (Lipinski definition) is 2. The van der Waals surface area contributed by atoms with E-state index in [4.69, 9.17) is 5.73 Å². The lowest BCUT2D eigenvalue weighted by Gasteiger charge is -2.04. The van der Waals surface area contributed by atoms with Crippen molar-refractivity contribution in [2.45, 2.75) is 6.92 Å². The van der Waals surface area contributed by atoms with Gasteiger partial charge in [0.05, 0.1) is 17.6 Å². The zero-order valence-electron chi connectivity index (χ0n) is 9.51. The van der Waals surface area contributed by atoms with E-state index in [1.807, 2.05) is 0 Å². The molecule has 2 aromatic heterocycles. The smallest absolute Gasteiger partial charge is 0.277 e. The third-order valence-corrected chi connectivity index (χ3v) is 2.29. The van der Waals surface area contributed by atoms with Crippen molar-refractivity contribution in [2.24, 2.45) is 7.05 Å². The molecule has 88 valence electrons. The predicted octanol–water partition coefficient (Wildman–Crippen LogP) is 0.353. The molecule has 2 heterocycles. The highest BCUT2D eigenvalue weighted by atomic mass is 16.2. The van der Waals surface area contributed by atoms with Gasteiger partial charge >= 0.3 is 0 Å². The van der Waals surface area contributed by atoms with Crippen molar-refractivity contribution in [3.8, 4) is 0 Å². The fraction of sp³-hybridized carbons (Fsp3) is 0.200. The van der Waals surface area contributed by atoms with Crippen molar-refractivity contribution in [1.29, 1.82) is 0 Å². The summed E-state index contributed by atoms with van der Waals surface area (Å²) >= 11 is 0. The SMILES string of the molecule is Cc1nn(C)c(C(=O)Nc2cnccn2)c1N. The Kier molecular flexibility index (Phi) is 2.73. The Morgan fingerprint density at radius 3 is 2.76 bits per heavy atom. The largest absolute Gasteiger partial charge is 0.395 e. The van der Waals surface area contributed by atoms with Crippen molar-refractivity contribution in [3.05, 3.63) is 30.0 Å². The molecule has 0 atom stereocenters. The quantitative estimate of drug-likeness (QED) is 0.778. The van der Waals surface area contributed by atoms with E-state index >= 15 is 0 Å². The monoisotopic (exact) mass is 232 g/mol. The van der Waals surface area contributed by atoms with Crippen LogP contribution in [-0.2, 0) is 7.05 Å². The van der Waals surface area contributed by atoms with Gasteiger partial charge in [-0.25, -0.2) is 4.98 Å². The van der Waals surface area contributed by atoms with E-state index in [1.165, 1.54) is 23.3 Å². The second-order valence-corrected chi connectivity index (χ2v) is 3.52. The van der Waals surface area contributed by atoms with Crippen LogP contribution >= 0.6 is 0 Å². The number of nitrogen functional groups attached to an aromatic ring is 1. The average Bonchev–Trinajstić information content (AvgIpc) is 2.54. The lowest BCUT2D eigenvalue weighted by atomic mass is 10.3. The van der Waals surface area contributed by atoms with Gasteiger partial charge in [0.1, 0.15) is 5.69 Å². The first-order valence-corrected chi connectivity index (χ1v) is 4.96. The fourth-order valence-electron chi connectivity index (χ4n) is 1.48. The Balaban J connectivity index is 2.27. The molecule has 0 spiro atoms. The maximum absolute atomic E-state index is 11.9. The number of nitrogens with zero attached hydrogens (tertiary/aromatic N) is 4. The van der Waals surface area contributed by atoms with Crippen LogP contribution in [0, 0.1) is 6.92 Å². The molecule has 0 aliphatic carbocycles. The van der Waals surface area contributed by atoms with Crippen molar-refractivity contribution in [3.63, 3.8) is 0 Å². The standard InChI is InChI=1S/C10H12N6O/c1-6-8(11)9(16(2)15-6)10(17)14-7-5-12-3-4-13-7/h3-5H,11H2,1-2H3,(H,13,14,17). The second kappa shape index (κ2) is 4.20. The maximum atomic E-state index is 11.9. The summed E-state index contributed by atoms with van der Waals surface area (Å²) in [5, 5.41) is 6.67. The molecule has 0 bridgehead atoms. The highest BCUT2D eigenvalue weighted by Gasteiger charge is 2.18. The Labute approximate surface area is 97.7 Å². The first-order valence-electron chi connectivity index (χ1n) is 4.96. The number of nitrogens with one attached hydrogen (secondary N) is 1. The predicted molar refractivity (Wildman–Crippen MR) is 62.3 cm³/mol. The summed E-state index contributed by atoms with van der Waals surface area (Å²) in [7, 11) is 1.66. The molecule has 7 heteroatoms. The van der Waals surface area contributed by atoms with E-state index in [0.29, 0.717) is 22.9 Å². The number of anilines is 2. The van der Waals surface area contributed by atoms with Crippen molar-refractivity contribution < 1.29 is 4.79 Å². The normalized spacial score (nSPS) is 10.2. The summed E-state index contributed by atoms with van der Waals surface area (Å²) in [5.74, 6) is 0.0156. The number of hydrogen-bond acceptors (Lipinski definition) is 5. The molecular weight excluding hydrogens is 220 g/mol. The number of rotatable bonds is 2. The third-order valence-electron chi connectivity index (χ3n) is 2.29. The molecule has 2 aromatic rings. The summed E-state index contributed by atoms with van der Waals surface area (Å²) in [6, 6.07) is 0. The zero-order valence-corrected chi connectivity index (χ0v) is 9.51. The van der Waals surface area contributed by atoms with E-state index in [2.05, 4.69) is 20.4 Å². The highest BCUT2D eigenvalue weighted by Crippen LogP contribution is 2.16. The van der Waals surface area contributed by atoms with Crippen LogP contribution in [-0.4, -0.2) is 25.7 Å². The Morgan fingerprint density at radius 1 is 1.47 bits per heavy atom. The van der Waals surface area contributed by atoms with Crippen LogP contribution in [0.4, 0.5) is 11.5 Å². The van der Waals surface area contributed by atoms with Gasteiger partial charge in [0.2, 0.25) is 0 Å². The summed E-state index contributed by atoms with van der Waals surface area (Å²) in [6.45, 7) is 1.74. The van der Waals surface area contributed by atoms with Gasteiger partial charge in [-0.05, 0) is 6.92 Å². The Hall–Kier alpha value is -2.44. The van der Waals surface area contributed by atoms with Gasteiger partial charge in [0.15, 0.2) is 5.82 Å². The third kappa shape index (κ3) is 2.07. The number of carbonyl (C=O) groups is 1.